The molecule has 2 rings (SSSR count). The molecule has 10 heteroatoms. The van der Waals surface area contributed by atoms with Gasteiger partial charge in [-0.15, -0.1) is 0 Å². The van der Waals surface area contributed by atoms with Crippen LogP contribution in [0.5, 0.6) is 0 Å². The van der Waals surface area contributed by atoms with E-state index in [9.17, 15) is 23.5 Å². The van der Waals surface area contributed by atoms with Gasteiger partial charge in [0.25, 0.3) is 5.97 Å². The molecule has 1 aliphatic carbocycles. The van der Waals surface area contributed by atoms with E-state index in [4.69, 9.17) is 21.4 Å². The Balaban J connectivity index is 0.00000159. The molecule has 0 bridgehead atoms. The van der Waals surface area contributed by atoms with Crippen LogP contribution >= 0.6 is 0 Å². The molecule has 37 heavy (non-hydrogen) atoms. The van der Waals surface area contributed by atoms with E-state index in [1.807, 2.05) is 13.8 Å². The van der Waals surface area contributed by atoms with E-state index in [0.29, 0.717) is 18.7 Å². The SMILES string of the molecule is CC(=O)O.CCCN(CCC)C(=O)C1([C@H](Cc2cc(F)cc(F)c2)[C@@H](O)CN)C=C(C)C=C(C(N)=O)C1. The summed E-state index contributed by atoms with van der Waals surface area (Å²) in [5, 5.41) is 18.4. The van der Waals surface area contributed by atoms with Crippen LogP contribution in [-0.4, -0.2) is 58.6 Å². The number of allylic oxidation sites excluding steroid dienone is 2. The minimum Gasteiger partial charge on any atom is -0.481 e. The molecule has 0 fully saturated rings. The second-order valence-electron chi connectivity index (χ2n) is 9.34. The molecule has 3 atom stereocenters. The molecular formula is C27H39F2N3O5. The molecule has 206 valence electrons. The number of hydrogen-bond donors (Lipinski definition) is 4. The van der Waals surface area contributed by atoms with Crippen molar-refractivity contribution in [1.29, 1.82) is 0 Å². The van der Waals surface area contributed by atoms with E-state index in [-0.39, 0.29) is 36.4 Å². The Morgan fingerprint density at radius 1 is 1.11 bits per heavy atom. The smallest absolute Gasteiger partial charge is 0.300 e. The average molecular weight is 524 g/mol. The molecule has 0 saturated heterocycles. The molecule has 6 N–H and O–H groups in total. The standard InChI is InChI=1S/C25H35F2N3O3.C2H4O2/c1-4-6-30(7-5-2)24(33)25(13-16(3)8-18(14-25)23(29)32)21(22(31)15-28)11-17-9-19(26)12-20(27)10-17;1-2(3)4/h8-10,12-13,21-22,31H,4-7,11,14-15,28H2,1-3H3,(H2,29,32);1H3,(H,3,4)/t21-,22+,25?;/m1./s1. The quantitative estimate of drug-likeness (QED) is 0.351. The Morgan fingerprint density at radius 2 is 1.62 bits per heavy atom. The van der Waals surface area contributed by atoms with Gasteiger partial charge in [-0.05, 0) is 50.3 Å². The van der Waals surface area contributed by atoms with E-state index in [2.05, 4.69) is 0 Å². The number of amides is 2. The Kier molecular flexibility index (Phi) is 12.6. The van der Waals surface area contributed by atoms with Crippen molar-refractivity contribution in [3.8, 4) is 0 Å². The van der Waals surface area contributed by atoms with Crippen molar-refractivity contribution in [1.82, 2.24) is 4.90 Å². The van der Waals surface area contributed by atoms with Crippen LogP contribution in [0.15, 0.2) is 41.5 Å². The summed E-state index contributed by atoms with van der Waals surface area (Å²) < 4.78 is 27.9. The van der Waals surface area contributed by atoms with E-state index in [1.165, 1.54) is 12.1 Å². The number of aliphatic carboxylic acids is 1. The maximum absolute atomic E-state index is 14.1. The summed E-state index contributed by atoms with van der Waals surface area (Å²) in [5.74, 6) is -4.09. The van der Waals surface area contributed by atoms with Crippen molar-refractivity contribution < 1.29 is 33.4 Å². The first-order valence-electron chi connectivity index (χ1n) is 12.3. The molecule has 1 aliphatic rings. The predicted molar refractivity (Wildman–Crippen MR) is 137 cm³/mol. The lowest BCUT2D eigenvalue weighted by Gasteiger charge is -2.44. The first-order chi connectivity index (χ1) is 17.3. The normalized spacial score (nSPS) is 18.5. The van der Waals surface area contributed by atoms with E-state index in [0.717, 1.165) is 25.8 Å². The number of carboxylic acid groups (broad SMARTS) is 1. The summed E-state index contributed by atoms with van der Waals surface area (Å²) in [5.41, 5.74) is 11.3. The number of nitrogens with zero attached hydrogens (tertiary/aromatic N) is 1. The summed E-state index contributed by atoms with van der Waals surface area (Å²) >= 11 is 0. The van der Waals surface area contributed by atoms with Crippen molar-refractivity contribution in [2.24, 2.45) is 22.8 Å². The third-order valence-corrected chi connectivity index (χ3v) is 6.10. The van der Waals surface area contributed by atoms with Crippen molar-refractivity contribution in [2.45, 2.75) is 59.5 Å². The predicted octanol–water partition coefficient (Wildman–Crippen LogP) is 2.93. The number of carbonyl (C=O) groups excluding carboxylic acids is 2. The molecule has 1 aromatic rings. The van der Waals surface area contributed by atoms with Crippen LogP contribution < -0.4 is 11.5 Å². The van der Waals surface area contributed by atoms with Crippen LogP contribution in [-0.2, 0) is 20.8 Å². The fourth-order valence-electron chi connectivity index (χ4n) is 4.79. The molecule has 0 saturated carbocycles. The second kappa shape index (κ2) is 14.6. The van der Waals surface area contributed by atoms with Crippen LogP contribution in [0.1, 0.15) is 52.5 Å². The lowest BCUT2D eigenvalue weighted by molar-refractivity contribution is -0.145. The molecule has 1 aromatic carbocycles. The van der Waals surface area contributed by atoms with Gasteiger partial charge in [0.15, 0.2) is 0 Å². The van der Waals surface area contributed by atoms with Gasteiger partial charge in [-0.25, -0.2) is 8.78 Å². The molecule has 0 aliphatic heterocycles. The number of halogens is 2. The summed E-state index contributed by atoms with van der Waals surface area (Å²) in [6.07, 6.45) is 3.62. The lowest BCUT2D eigenvalue weighted by atomic mass is 9.63. The minimum atomic E-state index is -1.35. The van der Waals surface area contributed by atoms with Crippen LogP contribution in [0, 0.1) is 23.0 Å². The summed E-state index contributed by atoms with van der Waals surface area (Å²) in [4.78, 5) is 37.0. The van der Waals surface area contributed by atoms with Crippen molar-refractivity contribution in [3.63, 3.8) is 0 Å². The van der Waals surface area contributed by atoms with Gasteiger partial charge in [0, 0.05) is 44.1 Å². The number of aliphatic hydroxyl groups is 1. The summed E-state index contributed by atoms with van der Waals surface area (Å²) in [6.45, 7) is 7.58. The van der Waals surface area contributed by atoms with Gasteiger partial charge in [0.1, 0.15) is 11.6 Å². The Hall–Kier alpha value is -3.11. The molecule has 2 amide bonds. The Bertz CT molecular complexity index is 997. The molecule has 8 nitrogen and oxygen atoms in total. The molecular weight excluding hydrogens is 484 g/mol. The number of carboxylic acids is 1. The largest absolute Gasteiger partial charge is 0.481 e. The fraction of sp³-hybridized carbons (Fsp3) is 0.519. The highest BCUT2D eigenvalue weighted by atomic mass is 19.1. The third kappa shape index (κ3) is 9.05. The second-order valence-corrected chi connectivity index (χ2v) is 9.34. The zero-order chi connectivity index (χ0) is 28.3. The summed E-state index contributed by atoms with van der Waals surface area (Å²) in [6, 6.07) is 3.12. The van der Waals surface area contributed by atoms with E-state index < -0.39 is 40.9 Å². The van der Waals surface area contributed by atoms with Gasteiger partial charge < -0.3 is 26.6 Å². The third-order valence-electron chi connectivity index (χ3n) is 6.10. The van der Waals surface area contributed by atoms with Crippen LogP contribution in [0.3, 0.4) is 0 Å². The number of primary amides is 1. The zero-order valence-electron chi connectivity index (χ0n) is 22.0. The van der Waals surface area contributed by atoms with E-state index in [1.54, 1.807) is 24.0 Å². The minimum absolute atomic E-state index is 0.0132. The number of carbonyl (C=O) groups is 3. The first kappa shape index (κ1) is 31.9. The number of benzene rings is 1. The van der Waals surface area contributed by atoms with Gasteiger partial charge in [-0.2, -0.15) is 0 Å². The van der Waals surface area contributed by atoms with E-state index >= 15 is 0 Å². The number of hydrogen-bond acceptors (Lipinski definition) is 5. The van der Waals surface area contributed by atoms with Crippen LogP contribution in [0.2, 0.25) is 0 Å². The van der Waals surface area contributed by atoms with Crippen LogP contribution in [0.4, 0.5) is 8.78 Å². The Labute approximate surface area is 217 Å². The monoisotopic (exact) mass is 523 g/mol. The lowest BCUT2D eigenvalue weighted by Crippen LogP contribution is -2.54. The maximum Gasteiger partial charge on any atom is 0.300 e. The highest BCUT2D eigenvalue weighted by Gasteiger charge is 2.50. The highest BCUT2D eigenvalue weighted by Crippen LogP contribution is 2.45. The zero-order valence-corrected chi connectivity index (χ0v) is 22.0. The maximum atomic E-state index is 14.1. The summed E-state index contributed by atoms with van der Waals surface area (Å²) in [7, 11) is 0. The van der Waals surface area contributed by atoms with Gasteiger partial charge in [-0.1, -0.05) is 31.6 Å². The van der Waals surface area contributed by atoms with Crippen LogP contribution in [0.25, 0.3) is 0 Å². The fourth-order valence-corrected chi connectivity index (χ4v) is 4.79. The molecule has 0 aromatic heterocycles. The Morgan fingerprint density at radius 3 is 2.05 bits per heavy atom. The van der Waals surface area contributed by atoms with Gasteiger partial charge in [0.2, 0.25) is 11.8 Å². The van der Waals surface area contributed by atoms with Crippen molar-refractivity contribution in [2.75, 3.05) is 19.6 Å². The van der Waals surface area contributed by atoms with Crippen molar-refractivity contribution in [3.05, 3.63) is 58.7 Å². The number of aliphatic hydroxyl groups excluding tert-OH is 1. The number of nitrogens with two attached hydrogens (primary N) is 2. The van der Waals surface area contributed by atoms with Gasteiger partial charge in [-0.3, -0.25) is 14.4 Å². The highest BCUT2D eigenvalue weighted by molar-refractivity contribution is 5.96. The molecule has 0 radical (unpaired) electrons. The van der Waals surface area contributed by atoms with Crippen molar-refractivity contribution >= 4 is 17.8 Å². The molecule has 1 unspecified atom stereocenters. The number of rotatable bonds is 11. The van der Waals surface area contributed by atoms with Gasteiger partial charge >= 0.3 is 0 Å². The average Bonchev–Trinajstić information content (AvgIpc) is 2.80. The first-order valence-corrected chi connectivity index (χ1v) is 12.3. The topological polar surface area (TPSA) is 147 Å². The van der Waals surface area contributed by atoms with Gasteiger partial charge in [0.05, 0.1) is 11.5 Å². The molecule has 0 spiro atoms. The molecule has 0 heterocycles.